The predicted octanol–water partition coefficient (Wildman–Crippen LogP) is 2.54. The Hall–Kier alpha value is -1.39. The number of nitrogens with one attached hydrogen (secondary N) is 2. The Kier molecular flexibility index (Phi) is 4.47. The van der Waals surface area contributed by atoms with Crippen LogP contribution < -0.4 is 10.6 Å². The van der Waals surface area contributed by atoms with Crippen molar-refractivity contribution < 1.29 is 14.4 Å². The summed E-state index contributed by atoms with van der Waals surface area (Å²) in [5, 5.41) is 5.17. The van der Waals surface area contributed by atoms with Gasteiger partial charge in [0, 0.05) is 12.3 Å². The summed E-state index contributed by atoms with van der Waals surface area (Å²) in [5.41, 5.74) is 0.576. The number of carbonyl (C=O) groups is 3. The van der Waals surface area contributed by atoms with Crippen LogP contribution in [0.25, 0.3) is 0 Å². The predicted molar refractivity (Wildman–Crippen MR) is 90.9 cm³/mol. The van der Waals surface area contributed by atoms with Gasteiger partial charge in [-0.25, -0.2) is 0 Å². The monoisotopic (exact) mass is 334 g/mol. The fraction of sp³-hybridized carbons (Fsp3) is 0.842. The lowest BCUT2D eigenvalue weighted by Crippen LogP contribution is -2.52. The molecule has 2 aliphatic carbocycles. The number of carbonyl (C=O) groups excluding carboxylic acids is 3. The lowest BCUT2D eigenvalue weighted by atomic mass is 9.66. The van der Waals surface area contributed by atoms with E-state index in [1.165, 1.54) is 19.3 Å². The molecule has 5 nitrogen and oxygen atoms in total. The summed E-state index contributed by atoms with van der Waals surface area (Å²) < 4.78 is 0. The van der Waals surface area contributed by atoms with Crippen LogP contribution in [0.2, 0.25) is 0 Å². The van der Waals surface area contributed by atoms with Crippen LogP contribution in [0.5, 0.6) is 0 Å². The van der Waals surface area contributed by atoms with E-state index in [2.05, 4.69) is 31.4 Å². The van der Waals surface area contributed by atoms with E-state index in [1.807, 2.05) is 0 Å². The molecule has 1 saturated heterocycles. The van der Waals surface area contributed by atoms with Gasteiger partial charge in [-0.05, 0) is 55.3 Å². The average Bonchev–Trinajstić information content (AvgIpc) is 3.24. The van der Waals surface area contributed by atoms with Crippen molar-refractivity contribution in [2.45, 2.75) is 78.2 Å². The first kappa shape index (κ1) is 17.4. The van der Waals surface area contributed by atoms with Gasteiger partial charge in [0.15, 0.2) is 0 Å². The van der Waals surface area contributed by atoms with E-state index in [4.69, 9.17) is 0 Å². The van der Waals surface area contributed by atoms with Crippen molar-refractivity contribution in [1.82, 2.24) is 10.6 Å². The fourth-order valence-electron chi connectivity index (χ4n) is 4.64. The molecule has 5 heteroatoms. The number of imide groups is 1. The highest BCUT2D eigenvalue weighted by molar-refractivity contribution is 6.02. The molecular formula is C19H30N2O3. The molecule has 0 aromatic rings. The third kappa shape index (κ3) is 3.22. The highest BCUT2D eigenvalue weighted by Crippen LogP contribution is 2.63. The summed E-state index contributed by atoms with van der Waals surface area (Å²) in [5.74, 6) is 0.229. The lowest BCUT2D eigenvalue weighted by molar-refractivity contribution is -0.137. The molecule has 0 radical (unpaired) electrons. The van der Waals surface area contributed by atoms with Crippen LogP contribution >= 0.6 is 0 Å². The van der Waals surface area contributed by atoms with Gasteiger partial charge >= 0.3 is 0 Å². The number of hydrogen-bond acceptors (Lipinski definition) is 3. The summed E-state index contributed by atoms with van der Waals surface area (Å²) in [6.45, 7) is 6.98. The molecule has 1 aliphatic heterocycles. The second kappa shape index (κ2) is 6.16. The van der Waals surface area contributed by atoms with Gasteiger partial charge in [0.25, 0.3) is 0 Å². The third-order valence-corrected chi connectivity index (χ3v) is 7.06. The molecule has 1 heterocycles. The molecule has 1 spiro atoms. The van der Waals surface area contributed by atoms with Gasteiger partial charge in [-0.2, -0.15) is 0 Å². The van der Waals surface area contributed by atoms with Crippen molar-refractivity contribution in [2.24, 2.45) is 22.7 Å². The Morgan fingerprint density at radius 1 is 1.25 bits per heavy atom. The van der Waals surface area contributed by atoms with Crippen molar-refractivity contribution in [3.05, 3.63) is 0 Å². The first-order valence-corrected chi connectivity index (χ1v) is 9.41. The Balaban J connectivity index is 1.51. The molecule has 134 valence electrons. The van der Waals surface area contributed by atoms with Gasteiger partial charge in [-0.15, -0.1) is 0 Å². The second-order valence-corrected chi connectivity index (χ2v) is 8.75. The number of amides is 3. The lowest BCUT2D eigenvalue weighted by Gasteiger charge is -2.39. The summed E-state index contributed by atoms with van der Waals surface area (Å²) in [6.07, 6.45) is 7.58. The minimum atomic E-state index is -0.539. The molecule has 0 aromatic heterocycles. The van der Waals surface area contributed by atoms with E-state index >= 15 is 0 Å². The molecule has 24 heavy (non-hydrogen) atoms. The van der Waals surface area contributed by atoms with E-state index in [0.717, 1.165) is 25.2 Å². The maximum atomic E-state index is 12.5. The van der Waals surface area contributed by atoms with E-state index in [-0.39, 0.29) is 29.1 Å². The minimum absolute atomic E-state index is 0.0118. The van der Waals surface area contributed by atoms with Crippen molar-refractivity contribution >= 4 is 17.7 Å². The Morgan fingerprint density at radius 3 is 2.50 bits per heavy atom. The standard InChI is InChI=1S/C19H30N2O3/c1-4-18(2,3)12-7-9-19(10-8-12)11-13(19)16(23)20-14-5-6-15(22)21-17(14)24/h12-14H,4-11H2,1-3H3,(H,20,23)(H,21,22,24). The molecule has 0 aromatic carbocycles. The Bertz CT molecular complexity index is 547. The summed E-state index contributed by atoms with van der Waals surface area (Å²) in [7, 11) is 0. The van der Waals surface area contributed by atoms with E-state index in [9.17, 15) is 14.4 Å². The summed E-state index contributed by atoms with van der Waals surface area (Å²) in [4.78, 5) is 35.5. The molecule has 3 rings (SSSR count). The van der Waals surface area contributed by atoms with Crippen molar-refractivity contribution in [3.63, 3.8) is 0 Å². The molecule has 2 atom stereocenters. The van der Waals surface area contributed by atoms with Gasteiger partial charge in [0.05, 0.1) is 0 Å². The molecule has 2 unspecified atom stereocenters. The molecule has 3 aliphatic rings. The van der Waals surface area contributed by atoms with Crippen molar-refractivity contribution in [1.29, 1.82) is 0 Å². The van der Waals surface area contributed by atoms with E-state index in [0.29, 0.717) is 18.3 Å². The zero-order valence-corrected chi connectivity index (χ0v) is 15.1. The number of hydrogen-bond donors (Lipinski definition) is 2. The van der Waals surface area contributed by atoms with Crippen LogP contribution in [-0.4, -0.2) is 23.8 Å². The largest absolute Gasteiger partial charge is 0.344 e. The molecule has 2 saturated carbocycles. The van der Waals surface area contributed by atoms with Crippen LogP contribution in [0.4, 0.5) is 0 Å². The van der Waals surface area contributed by atoms with Gasteiger partial charge in [0.1, 0.15) is 6.04 Å². The molecule has 3 amide bonds. The van der Waals surface area contributed by atoms with Gasteiger partial charge < -0.3 is 5.32 Å². The molecule has 2 N–H and O–H groups in total. The van der Waals surface area contributed by atoms with Crippen LogP contribution in [0.3, 0.4) is 0 Å². The van der Waals surface area contributed by atoms with Crippen molar-refractivity contribution in [3.8, 4) is 0 Å². The highest BCUT2D eigenvalue weighted by atomic mass is 16.2. The Morgan fingerprint density at radius 2 is 1.92 bits per heavy atom. The topological polar surface area (TPSA) is 75.3 Å². The quantitative estimate of drug-likeness (QED) is 0.776. The van der Waals surface area contributed by atoms with Crippen molar-refractivity contribution in [2.75, 3.05) is 0 Å². The molecule has 3 fully saturated rings. The van der Waals surface area contributed by atoms with Crippen LogP contribution in [0.1, 0.15) is 72.1 Å². The summed E-state index contributed by atoms with van der Waals surface area (Å²) >= 11 is 0. The van der Waals surface area contributed by atoms with E-state index < -0.39 is 6.04 Å². The third-order valence-electron chi connectivity index (χ3n) is 7.06. The highest BCUT2D eigenvalue weighted by Gasteiger charge is 2.59. The van der Waals surface area contributed by atoms with E-state index in [1.54, 1.807) is 0 Å². The number of rotatable bonds is 4. The minimum Gasteiger partial charge on any atom is -0.344 e. The maximum absolute atomic E-state index is 12.5. The van der Waals surface area contributed by atoms with Gasteiger partial charge in [-0.3, -0.25) is 19.7 Å². The zero-order chi connectivity index (χ0) is 17.5. The maximum Gasteiger partial charge on any atom is 0.249 e. The Labute approximate surface area is 144 Å². The van der Waals surface area contributed by atoms with Crippen LogP contribution in [0.15, 0.2) is 0 Å². The normalized spacial score (nSPS) is 36.4. The first-order chi connectivity index (χ1) is 11.3. The SMILES string of the molecule is CCC(C)(C)C1CCC2(CC1)CC2C(=O)NC1CCC(=O)NC1=O. The molecule has 0 bridgehead atoms. The van der Waals surface area contributed by atoms with Crippen LogP contribution in [0, 0.1) is 22.7 Å². The second-order valence-electron chi connectivity index (χ2n) is 8.75. The molecular weight excluding hydrogens is 304 g/mol. The first-order valence-electron chi connectivity index (χ1n) is 9.41. The van der Waals surface area contributed by atoms with Gasteiger partial charge in [-0.1, -0.05) is 27.2 Å². The zero-order valence-electron chi connectivity index (χ0n) is 15.1. The number of piperidine rings is 1. The average molecular weight is 334 g/mol. The van der Waals surface area contributed by atoms with Crippen LogP contribution in [-0.2, 0) is 14.4 Å². The smallest absolute Gasteiger partial charge is 0.249 e. The fourth-order valence-corrected chi connectivity index (χ4v) is 4.64. The summed E-state index contributed by atoms with van der Waals surface area (Å²) in [6, 6.07) is -0.539. The van der Waals surface area contributed by atoms with Gasteiger partial charge in [0.2, 0.25) is 17.7 Å².